The average molecular weight is 159 g/mol. The number of rotatable bonds is 1. The van der Waals surface area contributed by atoms with Gasteiger partial charge >= 0.3 is 0 Å². The standard InChI is InChI=1S/C10H9NO/c12-7-10-5-8-3-1-2-4-9(8)6-11-10/h1-4,6-7,10H,5H2. The van der Waals surface area contributed by atoms with Gasteiger partial charge in [-0.1, -0.05) is 24.3 Å². The maximum Gasteiger partial charge on any atom is 0.144 e. The van der Waals surface area contributed by atoms with E-state index in [2.05, 4.69) is 4.99 Å². The van der Waals surface area contributed by atoms with Crippen LogP contribution in [-0.4, -0.2) is 18.5 Å². The number of nitrogens with zero attached hydrogens (tertiary/aromatic N) is 1. The van der Waals surface area contributed by atoms with E-state index in [9.17, 15) is 4.79 Å². The minimum atomic E-state index is -0.167. The molecule has 0 amide bonds. The molecule has 0 fully saturated rings. The van der Waals surface area contributed by atoms with Gasteiger partial charge in [0.1, 0.15) is 12.3 Å². The molecule has 1 aliphatic rings. The van der Waals surface area contributed by atoms with Crippen LogP contribution in [0, 0.1) is 0 Å². The topological polar surface area (TPSA) is 29.4 Å². The van der Waals surface area contributed by atoms with Crippen molar-refractivity contribution in [1.82, 2.24) is 0 Å². The van der Waals surface area contributed by atoms with E-state index in [1.54, 1.807) is 6.21 Å². The van der Waals surface area contributed by atoms with Crippen LogP contribution in [0.5, 0.6) is 0 Å². The predicted octanol–water partition coefficient (Wildman–Crippen LogP) is 1.23. The number of fused-ring (bicyclic) bond motifs is 1. The first-order chi connectivity index (χ1) is 5.90. The first-order valence-electron chi connectivity index (χ1n) is 3.96. The molecular weight excluding hydrogens is 150 g/mol. The quantitative estimate of drug-likeness (QED) is 0.567. The molecule has 1 aromatic rings. The molecule has 1 aromatic carbocycles. The van der Waals surface area contributed by atoms with Crippen LogP contribution in [0.15, 0.2) is 29.3 Å². The Morgan fingerprint density at radius 3 is 3.08 bits per heavy atom. The Morgan fingerprint density at radius 1 is 1.42 bits per heavy atom. The summed E-state index contributed by atoms with van der Waals surface area (Å²) in [6, 6.07) is 7.85. The fraction of sp³-hybridized carbons (Fsp3) is 0.200. The highest BCUT2D eigenvalue weighted by Gasteiger charge is 2.12. The Kier molecular flexibility index (Phi) is 1.74. The molecule has 0 aromatic heterocycles. The van der Waals surface area contributed by atoms with Gasteiger partial charge in [0.15, 0.2) is 0 Å². The molecule has 1 heterocycles. The van der Waals surface area contributed by atoms with Crippen LogP contribution >= 0.6 is 0 Å². The van der Waals surface area contributed by atoms with Gasteiger partial charge in [0, 0.05) is 12.6 Å². The molecule has 0 saturated heterocycles. The molecule has 2 nitrogen and oxygen atoms in total. The predicted molar refractivity (Wildman–Crippen MR) is 47.6 cm³/mol. The second-order valence-electron chi connectivity index (χ2n) is 2.88. The second kappa shape index (κ2) is 2.89. The smallest absolute Gasteiger partial charge is 0.144 e. The zero-order valence-corrected chi connectivity index (χ0v) is 6.60. The lowest BCUT2D eigenvalue weighted by molar-refractivity contribution is -0.108. The van der Waals surface area contributed by atoms with E-state index in [4.69, 9.17) is 0 Å². The van der Waals surface area contributed by atoms with E-state index in [0.29, 0.717) is 0 Å². The Hall–Kier alpha value is -1.44. The number of hydrogen-bond acceptors (Lipinski definition) is 2. The summed E-state index contributed by atoms with van der Waals surface area (Å²) in [5.74, 6) is 0. The summed E-state index contributed by atoms with van der Waals surface area (Å²) in [5, 5.41) is 0. The van der Waals surface area contributed by atoms with Crippen LogP contribution in [-0.2, 0) is 11.2 Å². The van der Waals surface area contributed by atoms with Crippen LogP contribution < -0.4 is 0 Å². The minimum Gasteiger partial charge on any atom is -0.301 e. The Balaban J connectivity index is 2.39. The van der Waals surface area contributed by atoms with Crippen molar-refractivity contribution in [2.45, 2.75) is 12.5 Å². The summed E-state index contributed by atoms with van der Waals surface area (Å²) >= 11 is 0. The number of benzene rings is 1. The van der Waals surface area contributed by atoms with Crippen molar-refractivity contribution in [2.75, 3.05) is 0 Å². The SMILES string of the molecule is O=CC1Cc2ccccc2C=N1. The molecule has 12 heavy (non-hydrogen) atoms. The third-order valence-corrected chi connectivity index (χ3v) is 2.05. The van der Waals surface area contributed by atoms with Gasteiger partial charge in [-0.3, -0.25) is 4.99 Å². The van der Waals surface area contributed by atoms with Gasteiger partial charge in [0.05, 0.1) is 0 Å². The molecule has 2 rings (SSSR count). The van der Waals surface area contributed by atoms with Crippen LogP contribution in [0.4, 0.5) is 0 Å². The Morgan fingerprint density at radius 2 is 2.25 bits per heavy atom. The minimum absolute atomic E-state index is 0.167. The second-order valence-corrected chi connectivity index (χ2v) is 2.88. The molecule has 0 radical (unpaired) electrons. The largest absolute Gasteiger partial charge is 0.301 e. The van der Waals surface area contributed by atoms with E-state index >= 15 is 0 Å². The van der Waals surface area contributed by atoms with Crippen molar-refractivity contribution in [3.63, 3.8) is 0 Å². The van der Waals surface area contributed by atoms with Gasteiger partial charge in [-0.2, -0.15) is 0 Å². The van der Waals surface area contributed by atoms with E-state index in [0.717, 1.165) is 18.3 Å². The van der Waals surface area contributed by atoms with Crippen LogP contribution in [0.3, 0.4) is 0 Å². The molecule has 1 unspecified atom stereocenters. The Labute approximate surface area is 70.9 Å². The molecule has 0 bridgehead atoms. The number of aliphatic imine (C=N–C) groups is 1. The lowest BCUT2D eigenvalue weighted by Crippen LogP contribution is -2.16. The van der Waals surface area contributed by atoms with E-state index in [-0.39, 0.29) is 6.04 Å². The van der Waals surface area contributed by atoms with Gasteiger partial charge in [0.2, 0.25) is 0 Å². The highest BCUT2D eigenvalue weighted by atomic mass is 16.1. The van der Waals surface area contributed by atoms with Gasteiger partial charge in [-0.05, 0) is 11.1 Å². The third kappa shape index (κ3) is 1.16. The van der Waals surface area contributed by atoms with Gasteiger partial charge < -0.3 is 4.79 Å². The maximum atomic E-state index is 10.5. The molecule has 2 heteroatoms. The zero-order chi connectivity index (χ0) is 8.39. The summed E-state index contributed by atoms with van der Waals surface area (Å²) in [5.41, 5.74) is 2.35. The van der Waals surface area contributed by atoms with Crippen LogP contribution in [0.1, 0.15) is 11.1 Å². The van der Waals surface area contributed by atoms with Gasteiger partial charge in [-0.25, -0.2) is 0 Å². The van der Waals surface area contributed by atoms with E-state index in [1.165, 1.54) is 5.56 Å². The normalized spacial score (nSPS) is 20.2. The number of aldehydes is 1. The van der Waals surface area contributed by atoms with Crippen molar-refractivity contribution in [2.24, 2.45) is 4.99 Å². The number of carbonyl (C=O) groups is 1. The summed E-state index contributed by atoms with van der Waals surface area (Å²) < 4.78 is 0. The fourth-order valence-corrected chi connectivity index (χ4v) is 1.38. The van der Waals surface area contributed by atoms with Gasteiger partial charge in [-0.15, -0.1) is 0 Å². The molecular formula is C10H9NO. The first-order valence-corrected chi connectivity index (χ1v) is 3.96. The molecule has 0 saturated carbocycles. The molecule has 1 aliphatic heterocycles. The Bertz CT molecular complexity index is 330. The number of carbonyl (C=O) groups excluding carboxylic acids is 1. The van der Waals surface area contributed by atoms with E-state index < -0.39 is 0 Å². The van der Waals surface area contributed by atoms with Crippen LogP contribution in [0.25, 0.3) is 0 Å². The molecule has 1 atom stereocenters. The summed E-state index contributed by atoms with van der Waals surface area (Å²) in [6.45, 7) is 0. The number of hydrogen-bond donors (Lipinski definition) is 0. The average Bonchev–Trinajstić information content (AvgIpc) is 2.17. The lowest BCUT2D eigenvalue weighted by atomic mass is 9.99. The summed E-state index contributed by atoms with van der Waals surface area (Å²) in [7, 11) is 0. The molecule has 0 aliphatic carbocycles. The van der Waals surface area contributed by atoms with Crippen molar-refractivity contribution in [3.8, 4) is 0 Å². The van der Waals surface area contributed by atoms with Crippen molar-refractivity contribution in [3.05, 3.63) is 35.4 Å². The lowest BCUT2D eigenvalue weighted by Gasteiger charge is -2.13. The third-order valence-electron chi connectivity index (χ3n) is 2.05. The summed E-state index contributed by atoms with van der Waals surface area (Å²) in [4.78, 5) is 14.6. The van der Waals surface area contributed by atoms with E-state index in [1.807, 2.05) is 24.3 Å². The maximum absolute atomic E-state index is 10.5. The summed E-state index contributed by atoms with van der Waals surface area (Å²) in [6.07, 6.45) is 3.42. The highest BCUT2D eigenvalue weighted by Crippen LogP contribution is 2.14. The fourth-order valence-electron chi connectivity index (χ4n) is 1.38. The monoisotopic (exact) mass is 159 g/mol. The van der Waals surface area contributed by atoms with Crippen molar-refractivity contribution < 1.29 is 4.79 Å². The van der Waals surface area contributed by atoms with Crippen molar-refractivity contribution in [1.29, 1.82) is 0 Å². The van der Waals surface area contributed by atoms with Crippen molar-refractivity contribution >= 4 is 12.5 Å². The first kappa shape index (κ1) is 7.22. The molecule has 0 spiro atoms. The zero-order valence-electron chi connectivity index (χ0n) is 6.60. The molecule has 0 N–H and O–H groups in total. The van der Waals surface area contributed by atoms with Gasteiger partial charge in [0.25, 0.3) is 0 Å². The van der Waals surface area contributed by atoms with Crippen LogP contribution in [0.2, 0.25) is 0 Å². The highest BCUT2D eigenvalue weighted by molar-refractivity contribution is 5.85. The molecule has 60 valence electrons.